The van der Waals surface area contributed by atoms with E-state index in [2.05, 4.69) is 5.32 Å². The predicted octanol–water partition coefficient (Wildman–Crippen LogP) is 3.02. The van der Waals surface area contributed by atoms with Crippen molar-refractivity contribution in [3.63, 3.8) is 0 Å². The molecule has 0 bridgehead atoms. The molecule has 0 spiro atoms. The number of phenolic OH excluding ortho intramolecular Hbond substituents is 1. The van der Waals surface area contributed by atoms with Gasteiger partial charge in [0.25, 0.3) is 5.91 Å². The highest BCUT2D eigenvalue weighted by atomic mass is 35.5. The van der Waals surface area contributed by atoms with Crippen LogP contribution in [0.4, 0.5) is 15.8 Å². The Kier molecular flexibility index (Phi) is 3.57. The molecule has 6 heteroatoms. The lowest BCUT2D eigenvalue weighted by atomic mass is 10.1. The number of benzene rings is 2. The molecule has 2 rings (SSSR count). The summed E-state index contributed by atoms with van der Waals surface area (Å²) in [6, 6.07) is 7.82. The van der Waals surface area contributed by atoms with E-state index in [1.807, 2.05) is 0 Å². The van der Waals surface area contributed by atoms with Crippen LogP contribution < -0.4 is 11.1 Å². The van der Waals surface area contributed by atoms with Crippen molar-refractivity contribution >= 4 is 28.9 Å². The average molecular weight is 281 g/mol. The van der Waals surface area contributed by atoms with Crippen LogP contribution >= 0.6 is 11.6 Å². The van der Waals surface area contributed by atoms with Gasteiger partial charge < -0.3 is 16.2 Å². The molecule has 0 atom stereocenters. The van der Waals surface area contributed by atoms with Crippen LogP contribution in [0.3, 0.4) is 0 Å². The maximum atomic E-state index is 13.5. The van der Waals surface area contributed by atoms with Gasteiger partial charge in [0.05, 0.1) is 11.3 Å². The smallest absolute Gasteiger partial charge is 0.259 e. The first-order valence-corrected chi connectivity index (χ1v) is 5.70. The molecule has 0 fully saturated rings. The van der Waals surface area contributed by atoms with Gasteiger partial charge >= 0.3 is 0 Å². The number of hydrogen-bond donors (Lipinski definition) is 3. The quantitative estimate of drug-likeness (QED) is 0.740. The van der Waals surface area contributed by atoms with Crippen LogP contribution in [0.2, 0.25) is 5.02 Å². The number of amides is 1. The maximum absolute atomic E-state index is 13.5. The minimum Gasteiger partial charge on any atom is -0.507 e. The first-order chi connectivity index (χ1) is 8.97. The standard InChI is InChI=1S/C13H10ClFN2O2/c14-7-1-4-12(18)9(5-7)13(19)17-11-6-8(16)2-3-10(11)15/h1-6,18H,16H2,(H,17,19). The van der Waals surface area contributed by atoms with Crippen molar-refractivity contribution in [2.24, 2.45) is 0 Å². The number of carbonyl (C=O) groups excluding carboxylic acids is 1. The highest BCUT2D eigenvalue weighted by Crippen LogP contribution is 2.24. The summed E-state index contributed by atoms with van der Waals surface area (Å²) in [5.41, 5.74) is 5.71. The van der Waals surface area contributed by atoms with Gasteiger partial charge in [-0.1, -0.05) is 11.6 Å². The SMILES string of the molecule is Nc1ccc(F)c(NC(=O)c2cc(Cl)ccc2O)c1. The lowest BCUT2D eigenvalue weighted by molar-refractivity contribution is 0.102. The van der Waals surface area contributed by atoms with Crippen molar-refractivity contribution < 1.29 is 14.3 Å². The largest absolute Gasteiger partial charge is 0.507 e. The van der Waals surface area contributed by atoms with Crippen LogP contribution in [0.1, 0.15) is 10.4 Å². The summed E-state index contributed by atoms with van der Waals surface area (Å²) in [5, 5.41) is 12.2. The number of hydrogen-bond acceptors (Lipinski definition) is 3. The molecule has 0 aromatic heterocycles. The van der Waals surface area contributed by atoms with Gasteiger partial charge in [0.15, 0.2) is 0 Å². The fourth-order valence-corrected chi connectivity index (χ4v) is 1.69. The number of phenols is 1. The highest BCUT2D eigenvalue weighted by Gasteiger charge is 2.14. The molecule has 2 aromatic rings. The zero-order chi connectivity index (χ0) is 14.0. The van der Waals surface area contributed by atoms with Gasteiger partial charge in [-0.3, -0.25) is 4.79 Å². The van der Waals surface area contributed by atoms with E-state index in [0.29, 0.717) is 5.69 Å². The molecule has 0 saturated heterocycles. The molecule has 0 saturated carbocycles. The van der Waals surface area contributed by atoms with E-state index in [4.69, 9.17) is 17.3 Å². The summed E-state index contributed by atoms with van der Waals surface area (Å²) >= 11 is 5.74. The Morgan fingerprint density at radius 3 is 2.74 bits per heavy atom. The summed E-state index contributed by atoms with van der Waals surface area (Å²) in [6.07, 6.45) is 0. The molecule has 0 aliphatic carbocycles. The first kappa shape index (κ1) is 13.2. The predicted molar refractivity (Wildman–Crippen MR) is 71.9 cm³/mol. The van der Waals surface area contributed by atoms with Gasteiger partial charge in [0.2, 0.25) is 0 Å². The van der Waals surface area contributed by atoms with E-state index in [1.54, 1.807) is 0 Å². The van der Waals surface area contributed by atoms with E-state index in [1.165, 1.54) is 30.3 Å². The Morgan fingerprint density at radius 2 is 2.00 bits per heavy atom. The number of nitrogens with one attached hydrogen (secondary N) is 1. The summed E-state index contributed by atoms with van der Waals surface area (Å²) in [6.45, 7) is 0. The molecule has 19 heavy (non-hydrogen) atoms. The van der Waals surface area contributed by atoms with Crippen LogP contribution in [0.5, 0.6) is 5.75 Å². The fourth-order valence-electron chi connectivity index (χ4n) is 1.52. The number of rotatable bonds is 2. The van der Waals surface area contributed by atoms with Gasteiger partial charge in [0.1, 0.15) is 11.6 Å². The Hall–Kier alpha value is -2.27. The zero-order valence-electron chi connectivity index (χ0n) is 9.65. The van der Waals surface area contributed by atoms with Crippen molar-refractivity contribution in [1.82, 2.24) is 0 Å². The van der Waals surface area contributed by atoms with E-state index >= 15 is 0 Å². The Bertz CT molecular complexity index is 647. The molecule has 0 aliphatic rings. The fraction of sp³-hybridized carbons (Fsp3) is 0. The van der Waals surface area contributed by atoms with Crippen molar-refractivity contribution in [1.29, 1.82) is 0 Å². The molecule has 4 nitrogen and oxygen atoms in total. The monoisotopic (exact) mass is 280 g/mol. The third-order valence-electron chi connectivity index (χ3n) is 2.44. The molecular weight excluding hydrogens is 271 g/mol. The van der Waals surface area contributed by atoms with E-state index in [-0.39, 0.29) is 22.0 Å². The zero-order valence-corrected chi connectivity index (χ0v) is 10.4. The number of nitrogen functional groups attached to an aromatic ring is 1. The first-order valence-electron chi connectivity index (χ1n) is 5.32. The minimum atomic E-state index is -0.676. The second-order valence-corrected chi connectivity index (χ2v) is 4.29. The number of nitrogens with two attached hydrogens (primary N) is 1. The van der Waals surface area contributed by atoms with E-state index < -0.39 is 11.7 Å². The highest BCUT2D eigenvalue weighted by molar-refractivity contribution is 6.31. The molecule has 4 N–H and O–H groups in total. The molecule has 0 unspecified atom stereocenters. The lowest BCUT2D eigenvalue weighted by Gasteiger charge is -2.08. The van der Waals surface area contributed by atoms with E-state index in [0.717, 1.165) is 6.07 Å². The van der Waals surface area contributed by atoms with Gasteiger partial charge in [-0.2, -0.15) is 0 Å². The van der Waals surface area contributed by atoms with Crippen molar-refractivity contribution in [3.05, 3.63) is 52.8 Å². The minimum absolute atomic E-state index is 0.0469. The van der Waals surface area contributed by atoms with Crippen LogP contribution in [0.25, 0.3) is 0 Å². The van der Waals surface area contributed by atoms with Gasteiger partial charge in [0, 0.05) is 10.7 Å². The summed E-state index contributed by atoms with van der Waals surface area (Å²) < 4.78 is 13.5. The third-order valence-corrected chi connectivity index (χ3v) is 2.68. The second-order valence-electron chi connectivity index (χ2n) is 3.85. The Morgan fingerprint density at radius 1 is 1.26 bits per heavy atom. The van der Waals surface area contributed by atoms with Gasteiger partial charge in [-0.15, -0.1) is 0 Å². The molecule has 0 aliphatic heterocycles. The molecule has 0 radical (unpaired) electrons. The van der Waals surface area contributed by atoms with E-state index in [9.17, 15) is 14.3 Å². The average Bonchev–Trinajstić information content (AvgIpc) is 2.36. The van der Waals surface area contributed by atoms with Crippen LogP contribution in [-0.4, -0.2) is 11.0 Å². The number of aromatic hydroxyl groups is 1. The van der Waals surface area contributed by atoms with Crippen molar-refractivity contribution in [2.45, 2.75) is 0 Å². The third kappa shape index (κ3) is 2.95. The van der Waals surface area contributed by atoms with Gasteiger partial charge in [-0.05, 0) is 36.4 Å². The molecule has 98 valence electrons. The number of halogens is 2. The normalized spacial score (nSPS) is 10.2. The topological polar surface area (TPSA) is 75.3 Å². The number of anilines is 2. The Labute approximate surface area is 113 Å². The molecule has 1 amide bonds. The van der Waals surface area contributed by atoms with Crippen LogP contribution in [0, 0.1) is 5.82 Å². The summed E-state index contributed by atoms with van der Waals surface area (Å²) in [5.74, 6) is -1.54. The summed E-state index contributed by atoms with van der Waals surface area (Å²) in [7, 11) is 0. The molecule has 2 aromatic carbocycles. The second kappa shape index (κ2) is 5.16. The maximum Gasteiger partial charge on any atom is 0.259 e. The number of carbonyl (C=O) groups is 1. The Balaban J connectivity index is 2.30. The van der Waals surface area contributed by atoms with Crippen molar-refractivity contribution in [2.75, 3.05) is 11.1 Å². The van der Waals surface area contributed by atoms with Crippen LogP contribution in [-0.2, 0) is 0 Å². The summed E-state index contributed by atoms with van der Waals surface area (Å²) in [4.78, 5) is 11.9. The molecule has 0 heterocycles. The lowest BCUT2D eigenvalue weighted by Crippen LogP contribution is -2.13. The molecular formula is C13H10ClFN2O2. The van der Waals surface area contributed by atoms with Crippen molar-refractivity contribution in [3.8, 4) is 5.75 Å². The van der Waals surface area contributed by atoms with Crippen LogP contribution in [0.15, 0.2) is 36.4 Å². The van der Waals surface area contributed by atoms with Gasteiger partial charge in [-0.25, -0.2) is 4.39 Å².